The molecule has 4 heterocycles. The van der Waals surface area contributed by atoms with Crippen molar-refractivity contribution in [2.75, 3.05) is 33.9 Å². The topological polar surface area (TPSA) is 138 Å². The molecule has 4 atom stereocenters. The van der Waals surface area contributed by atoms with E-state index in [0.29, 0.717) is 18.9 Å². The van der Waals surface area contributed by atoms with Crippen LogP contribution in [0.2, 0.25) is 0 Å². The fourth-order valence-electron chi connectivity index (χ4n) is 7.79. The Morgan fingerprint density at radius 2 is 1.55 bits per heavy atom. The largest absolute Gasteiger partial charge is 0.444 e. The summed E-state index contributed by atoms with van der Waals surface area (Å²) in [6.07, 6.45) is -3.46. The van der Waals surface area contributed by atoms with Gasteiger partial charge in [-0.2, -0.15) is 13.2 Å². The SMILES string of the molecule is C[C@H](NC(=O)[C@@H](c1ccccc1)N(C)C)c1ncc(-c2ccc(-c3ccc(-c4nc([C@@H]5COC6(CCOC6)N5C(=O)OCc5ccccc5)[nH]c4C(F)(F)F)cc3)cc2)[nH]1. The number of aromatic amines is 2. The minimum Gasteiger partial charge on any atom is -0.444 e. The Kier molecular flexibility index (Phi) is 11.3. The van der Waals surface area contributed by atoms with Crippen molar-refractivity contribution in [2.45, 2.75) is 50.0 Å². The van der Waals surface area contributed by atoms with Crippen LogP contribution in [0, 0.1) is 0 Å². The van der Waals surface area contributed by atoms with Crippen LogP contribution < -0.4 is 5.32 Å². The average molecular weight is 820 g/mol. The maximum absolute atomic E-state index is 14.6. The van der Waals surface area contributed by atoms with Gasteiger partial charge in [0.2, 0.25) is 5.91 Å². The van der Waals surface area contributed by atoms with Gasteiger partial charge in [-0.1, -0.05) is 109 Å². The lowest BCUT2D eigenvalue weighted by atomic mass is 10.0. The molecule has 0 saturated carbocycles. The van der Waals surface area contributed by atoms with Crippen LogP contribution in [-0.2, 0) is 31.8 Å². The summed E-state index contributed by atoms with van der Waals surface area (Å²) in [6.45, 7) is 2.13. The van der Waals surface area contributed by atoms with Gasteiger partial charge >= 0.3 is 12.3 Å². The van der Waals surface area contributed by atoms with E-state index in [0.717, 1.165) is 33.5 Å². The number of nitrogens with one attached hydrogen (secondary N) is 3. The highest BCUT2D eigenvalue weighted by atomic mass is 19.4. The van der Waals surface area contributed by atoms with E-state index < -0.39 is 35.8 Å². The molecule has 15 heteroatoms. The first-order valence-corrected chi connectivity index (χ1v) is 19.6. The summed E-state index contributed by atoms with van der Waals surface area (Å²) in [5.74, 6) is 0.390. The maximum Gasteiger partial charge on any atom is 0.433 e. The number of ether oxygens (including phenoxy) is 3. The number of hydrogen-bond donors (Lipinski definition) is 3. The van der Waals surface area contributed by atoms with Crippen molar-refractivity contribution in [1.82, 2.24) is 35.1 Å². The van der Waals surface area contributed by atoms with Crippen molar-refractivity contribution in [3.8, 4) is 33.6 Å². The molecule has 0 bridgehead atoms. The highest BCUT2D eigenvalue weighted by molar-refractivity contribution is 5.83. The summed E-state index contributed by atoms with van der Waals surface area (Å²) < 4.78 is 61.1. The van der Waals surface area contributed by atoms with E-state index >= 15 is 0 Å². The molecule has 2 fully saturated rings. The van der Waals surface area contributed by atoms with Gasteiger partial charge in [-0.3, -0.25) is 14.6 Å². The van der Waals surface area contributed by atoms with Crippen LogP contribution in [-0.4, -0.2) is 81.4 Å². The number of amides is 2. The zero-order valence-electron chi connectivity index (χ0n) is 33.2. The summed E-state index contributed by atoms with van der Waals surface area (Å²) in [5, 5.41) is 3.07. The van der Waals surface area contributed by atoms with Crippen LogP contribution in [0.3, 0.4) is 0 Å². The van der Waals surface area contributed by atoms with Gasteiger partial charge in [0.05, 0.1) is 37.8 Å². The van der Waals surface area contributed by atoms with Crippen molar-refractivity contribution in [1.29, 1.82) is 0 Å². The third-order valence-corrected chi connectivity index (χ3v) is 10.9. The lowest BCUT2D eigenvalue weighted by Gasteiger charge is -2.33. The zero-order valence-corrected chi connectivity index (χ0v) is 33.2. The van der Waals surface area contributed by atoms with Gasteiger partial charge in [0.25, 0.3) is 0 Å². The van der Waals surface area contributed by atoms with Crippen molar-refractivity contribution >= 4 is 12.0 Å². The third kappa shape index (κ3) is 8.28. The average Bonchev–Trinajstić information content (AvgIpc) is 4.08. The molecule has 1 unspecified atom stereocenters. The number of carbonyl (C=O) groups excluding carboxylic acids is 2. The standard InChI is InChI=1S/C45H44F3N7O5/c1-28(50-42(56)38(54(2)3)34-12-8-5-9-13-34)40-49-24-35(51-40)32-18-14-30(15-19-32)31-16-20-33(21-17-31)37-39(45(46,47)48)53-41(52-37)36-26-60-44(22-23-58-27-44)55(36)43(57)59-25-29-10-6-4-7-11-29/h4-21,24,28,36,38H,22-23,25-27H2,1-3H3,(H,49,51)(H,50,56)(H,52,53)/t28-,36-,38+,44?/m0/s1. The molecule has 2 saturated heterocycles. The fourth-order valence-corrected chi connectivity index (χ4v) is 7.79. The number of H-pyrrole nitrogens is 2. The van der Waals surface area contributed by atoms with E-state index in [1.165, 1.54) is 4.90 Å². The van der Waals surface area contributed by atoms with Crippen LogP contribution in [0.5, 0.6) is 0 Å². The van der Waals surface area contributed by atoms with Crippen LogP contribution in [0.4, 0.5) is 18.0 Å². The van der Waals surface area contributed by atoms with Gasteiger partial charge in [0.1, 0.15) is 41.7 Å². The normalized spacial score (nSPS) is 18.9. The molecule has 0 radical (unpaired) electrons. The second kappa shape index (κ2) is 16.8. The van der Waals surface area contributed by atoms with Crippen LogP contribution >= 0.6 is 0 Å². The maximum atomic E-state index is 14.6. The second-order valence-electron chi connectivity index (χ2n) is 15.2. The second-order valence-corrected chi connectivity index (χ2v) is 15.2. The van der Waals surface area contributed by atoms with Crippen molar-refractivity contribution in [3.05, 3.63) is 144 Å². The molecule has 6 aromatic rings. The molecule has 12 nitrogen and oxygen atoms in total. The number of carbonyl (C=O) groups is 2. The van der Waals surface area contributed by atoms with Gasteiger partial charge in [0.15, 0.2) is 5.72 Å². The number of imidazole rings is 2. The molecular weight excluding hydrogens is 776 g/mol. The van der Waals surface area contributed by atoms with E-state index in [2.05, 4.69) is 25.3 Å². The molecule has 310 valence electrons. The quantitative estimate of drug-likeness (QED) is 0.119. The molecule has 3 N–H and O–H groups in total. The molecule has 1 spiro atoms. The smallest absolute Gasteiger partial charge is 0.433 e. The Labute approximate surface area is 344 Å². The first-order valence-electron chi connectivity index (χ1n) is 19.6. The third-order valence-electron chi connectivity index (χ3n) is 10.9. The van der Waals surface area contributed by atoms with E-state index in [9.17, 15) is 22.8 Å². The zero-order chi connectivity index (χ0) is 42.0. The molecular formula is C45H44F3N7O5. The predicted molar refractivity (Wildman–Crippen MR) is 217 cm³/mol. The number of benzene rings is 4. The van der Waals surface area contributed by atoms with Gasteiger partial charge in [0, 0.05) is 12.0 Å². The number of aromatic nitrogens is 4. The van der Waals surface area contributed by atoms with Crippen LogP contribution in [0.15, 0.2) is 115 Å². The number of nitrogens with zero attached hydrogens (tertiary/aromatic N) is 4. The minimum absolute atomic E-state index is 0.0237. The molecule has 0 aliphatic carbocycles. The summed E-state index contributed by atoms with van der Waals surface area (Å²) in [5.41, 5.74) is 2.63. The fraction of sp³-hybridized carbons (Fsp3) is 0.289. The lowest BCUT2D eigenvalue weighted by Crippen LogP contribution is -2.50. The van der Waals surface area contributed by atoms with Crippen molar-refractivity contribution in [3.63, 3.8) is 0 Å². The van der Waals surface area contributed by atoms with E-state index in [4.69, 9.17) is 14.2 Å². The van der Waals surface area contributed by atoms with Gasteiger partial charge in [-0.05, 0) is 48.8 Å². The number of halogens is 3. The molecule has 2 aliphatic heterocycles. The highest BCUT2D eigenvalue weighted by Crippen LogP contribution is 2.44. The Morgan fingerprint density at radius 1 is 0.917 bits per heavy atom. The molecule has 2 aliphatic rings. The van der Waals surface area contributed by atoms with Gasteiger partial charge in [-0.15, -0.1) is 0 Å². The van der Waals surface area contributed by atoms with Gasteiger partial charge < -0.3 is 29.5 Å². The first-order chi connectivity index (χ1) is 28.9. The first kappa shape index (κ1) is 40.5. The molecule has 2 amide bonds. The monoisotopic (exact) mass is 819 g/mol. The van der Waals surface area contributed by atoms with Gasteiger partial charge in [-0.25, -0.2) is 14.8 Å². The number of alkyl halides is 3. The molecule has 2 aromatic heterocycles. The molecule has 60 heavy (non-hydrogen) atoms. The lowest BCUT2D eigenvalue weighted by molar-refractivity contribution is -0.140. The van der Waals surface area contributed by atoms with Crippen molar-refractivity contribution < 1.29 is 37.0 Å². The van der Waals surface area contributed by atoms with E-state index in [1.807, 2.05) is 111 Å². The van der Waals surface area contributed by atoms with Crippen molar-refractivity contribution in [2.24, 2.45) is 0 Å². The minimum atomic E-state index is -4.77. The van der Waals surface area contributed by atoms with E-state index in [1.54, 1.807) is 30.5 Å². The Morgan fingerprint density at radius 3 is 2.17 bits per heavy atom. The number of likely N-dealkylation sites (N-methyl/N-ethyl adjacent to an activating group) is 1. The van der Waals surface area contributed by atoms with E-state index in [-0.39, 0.29) is 48.9 Å². The summed E-state index contributed by atoms with van der Waals surface area (Å²) in [7, 11) is 3.72. The number of hydrogen-bond acceptors (Lipinski definition) is 8. The van der Waals surface area contributed by atoms with Crippen LogP contribution in [0.25, 0.3) is 33.6 Å². The summed E-state index contributed by atoms with van der Waals surface area (Å²) in [6, 6.07) is 31.2. The summed E-state index contributed by atoms with van der Waals surface area (Å²) >= 11 is 0. The Balaban J connectivity index is 0.975. The number of rotatable bonds is 11. The molecule has 4 aromatic carbocycles. The summed E-state index contributed by atoms with van der Waals surface area (Å²) in [4.78, 5) is 44.9. The van der Waals surface area contributed by atoms with Crippen LogP contribution in [0.1, 0.15) is 59.9 Å². The molecule has 8 rings (SSSR count). The Hall–Kier alpha value is -6.29. The predicted octanol–water partition coefficient (Wildman–Crippen LogP) is 8.46. The highest BCUT2D eigenvalue weighted by Gasteiger charge is 2.55. The Bertz CT molecular complexity index is 2410.